The molecule has 2 heteroatoms. The average molecular weight is 180 g/mol. The normalized spacial score (nSPS) is 13.0. The molecule has 0 aliphatic rings. The Hall–Kier alpha value is -0.840. The van der Waals surface area contributed by atoms with Gasteiger partial charge in [0.1, 0.15) is 6.04 Å². The van der Waals surface area contributed by atoms with E-state index >= 15 is 0 Å². The van der Waals surface area contributed by atoms with Crippen LogP contribution in [0.1, 0.15) is 52.4 Å². The van der Waals surface area contributed by atoms with Gasteiger partial charge in [0.2, 0.25) is 0 Å². The molecule has 0 aliphatic heterocycles. The summed E-state index contributed by atoms with van der Waals surface area (Å²) in [5.74, 6) is 0. The summed E-state index contributed by atoms with van der Waals surface area (Å²) < 4.78 is 0. The monoisotopic (exact) mass is 180 g/mol. The Labute approximate surface area is 81.7 Å². The number of unbranched alkanes of at least 4 members (excludes halogenated alkanes) is 3. The van der Waals surface area contributed by atoms with E-state index in [1.807, 2.05) is 6.21 Å². The van der Waals surface area contributed by atoms with E-state index in [0.29, 0.717) is 0 Å². The molecule has 74 valence electrons. The third kappa shape index (κ3) is 7.52. The van der Waals surface area contributed by atoms with Crippen LogP contribution in [0.4, 0.5) is 0 Å². The molecule has 0 heterocycles. The Morgan fingerprint density at radius 2 is 2.00 bits per heavy atom. The minimum atomic E-state index is -0.100. The van der Waals surface area contributed by atoms with Gasteiger partial charge in [0.15, 0.2) is 0 Å². The van der Waals surface area contributed by atoms with Crippen molar-refractivity contribution in [3.05, 3.63) is 0 Å². The van der Waals surface area contributed by atoms with Gasteiger partial charge >= 0.3 is 0 Å². The van der Waals surface area contributed by atoms with Gasteiger partial charge in [0.25, 0.3) is 0 Å². The number of hydrogen-bond acceptors (Lipinski definition) is 2. The Morgan fingerprint density at radius 3 is 2.54 bits per heavy atom. The molecule has 0 saturated heterocycles. The Balaban J connectivity index is 3.58. The van der Waals surface area contributed by atoms with Crippen LogP contribution in [0.25, 0.3) is 0 Å². The van der Waals surface area contributed by atoms with Crippen molar-refractivity contribution in [1.82, 2.24) is 0 Å². The summed E-state index contributed by atoms with van der Waals surface area (Å²) in [5, 5.41) is 8.75. The van der Waals surface area contributed by atoms with Crippen LogP contribution in [0.2, 0.25) is 0 Å². The van der Waals surface area contributed by atoms with Gasteiger partial charge in [0, 0.05) is 6.21 Å². The van der Waals surface area contributed by atoms with E-state index in [1.165, 1.54) is 12.8 Å². The maximum absolute atomic E-state index is 8.75. The fourth-order valence-electron chi connectivity index (χ4n) is 1.07. The minimum Gasteiger partial charge on any atom is -0.279 e. The maximum atomic E-state index is 8.75. The molecular formula is C11H20N2. The van der Waals surface area contributed by atoms with Gasteiger partial charge in [-0.15, -0.1) is 0 Å². The molecule has 1 unspecified atom stereocenters. The summed E-state index contributed by atoms with van der Waals surface area (Å²) in [7, 11) is 0. The quantitative estimate of drug-likeness (QED) is 0.437. The maximum Gasteiger partial charge on any atom is 0.136 e. The SMILES string of the molecule is CCCC/C=N/C(C#N)CCCC. The molecule has 0 aromatic heterocycles. The van der Waals surface area contributed by atoms with E-state index in [-0.39, 0.29) is 6.04 Å². The van der Waals surface area contributed by atoms with Crippen molar-refractivity contribution in [2.45, 2.75) is 58.4 Å². The minimum absolute atomic E-state index is 0.100. The summed E-state index contributed by atoms with van der Waals surface area (Å²) in [6.45, 7) is 4.29. The molecule has 0 aromatic rings. The lowest BCUT2D eigenvalue weighted by molar-refractivity contribution is 0.663. The van der Waals surface area contributed by atoms with Crippen molar-refractivity contribution in [3.63, 3.8) is 0 Å². The Morgan fingerprint density at radius 1 is 1.31 bits per heavy atom. The number of nitrogens with zero attached hydrogens (tertiary/aromatic N) is 2. The van der Waals surface area contributed by atoms with Crippen molar-refractivity contribution in [1.29, 1.82) is 5.26 Å². The van der Waals surface area contributed by atoms with Crippen LogP contribution in [-0.2, 0) is 0 Å². The van der Waals surface area contributed by atoms with Crippen molar-refractivity contribution in [3.8, 4) is 6.07 Å². The molecule has 13 heavy (non-hydrogen) atoms. The molecular weight excluding hydrogens is 160 g/mol. The zero-order valence-electron chi connectivity index (χ0n) is 8.79. The molecule has 0 aromatic carbocycles. The largest absolute Gasteiger partial charge is 0.279 e. The van der Waals surface area contributed by atoms with E-state index in [9.17, 15) is 0 Å². The first-order valence-corrected chi connectivity index (χ1v) is 5.26. The summed E-state index contributed by atoms with van der Waals surface area (Å²) in [4.78, 5) is 4.23. The van der Waals surface area contributed by atoms with Gasteiger partial charge in [0.05, 0.1) is 6.07 Å². The van der Waals surface area contributed by atoms with E-state index in [0.717, 1.165) is 25.7 Å². The summed E-state index contributed by atoms with van der Waals surface area (Å²) in [6, 6.07) is 2.12. The molecule has 1 atom stereocenters. The zero-order valence-corrected chi connectivity index (χ0v) is 8.79. The fourth-order valence-corrected chi connectivity index (χ4v) is 1.07. The first-order chi connectivity index (χ1) is 6.35. The van der Waals surface area contributed by atoms with E-state index < -0.39 is 0 Å². The van der Waals surface area contributed by atoms with E-state index in [4.69, 9.17) is 5.26 Å². The molecule has 0 radical (unpaired) electrons. The fraction of sp³-hybridized carbons (Fsp3) is 0.818. The number of nitriles is 1. The van der Waals surface area contributed by atoms with Crippen LogP contribution < -0.4 is 0 Å². The highest BCUT2D eigenvalue weighted by molar-refractivity contribution is 5.57. The highest BCUT2D eigenvalue weighted by atomic mass is 14.8. The number of aliphatic imine (C=N–C) groups is 1. The molecule has 0 fully saturated rings. The Bertz CT molecular complexity index is 167. The zero-order chi connectivity index (χ0) is 9.94. The lowest BCUT2D eigenvalue weighted by Crippen LogP contribution is -2.00. The second-order valence-electron chi connectivity index (χ2n) is 3.26. The summed E-state index contributed by atoms with van der Waals surface area (Å²) in [5.41, 5.74) is 0. The molecule has 0 spiro atoms. The topological polar surface area (TPSA) is 36.1 Å². The second kappa shape index (κ2) is 9.25. The molecule has 0 rings (SSSR count). The van der Waals surface area contributed by atoms with E-state index in [1.54, 1.807) is 0 Å². The van der Waals surface area contributed by atoms with Crippen LogP contribution >= 0.6 is 0 Å². The number of rotatable bonds is 7. The summed E-state index contributed by atoms with van der Waals surface area (Å²) in [6.07, 6.45) is 8.45. The third-order valence-electron chi connectivity index (χ3n) is 1.95. The van der Waals surface area contributed by atoms with Crippen LogP contribution in [0.3, 0.4) is 0 Å². The van der Waals surface area contributed by atoms with Crippen molar-refractivity contribution in [2.24, 2.45) is 4.99 Å². The van der Waals surface area contributed by atoms with Gasteiger partial charge < -0.3 is 0 Å². The average Bonchev–Trinajstić information content (AvgIpc) is 2.17. The van der Waals surface area contributed by atoms with Crippen LogP contribution in [0.5, 0.6) is 0 Å². The summed E-state index contributed by atoms with van der Waals surface area (Å²) >= 11 is 0. The first-order valence-electron chi connectivity index (χ1n) is 5.26. The smallest absolute Gasteiger partial charge is 0.136 e. The highest BCUT2D eigenvalue weighted by Crippen LogP contribution is 2.03. The molecule has 0 saturated carbocycles. The Kier molecular flexibility index (Phi) is 8.65. The highest BCUT2D eigenvalue weighted by Gasteiger charge is 2.01. The van der Waals surface area contributed by atoms with Gasteiger partial charge in [-0.25, -0.2) is 0 Å². The van der Waals surface area contributed by atoms with Crippen LogP contribution in [-0.4, -0.2) is 12.3 Å². The van der Waals surface area contributed by atoms with Gasteiger partial charge in [-0.1, -0.05) is 33.1 Å². The van der Waals surface area contributed by atoms with Crippen LogP contribution in [0, 0.1) is 11.3 Å². The predicted octanol–water partition coefficient (Wildman–Crippen LogP) is 3.33. The predicted molar refractivity (Wildman–Crippen MR) is 56.9 cm³/mol. The third-order valence-corrected chi connectivity index (χ3v) is 1.95. The second-order valence-corrected chi connectivity index (χ2v) is 3.26. The van der Waals surface area contributed by atoms with Crippen LogP contribution in [0.15, 0.2) is 4.99 Å². The lowest BCUT2D eigenvalue weighted by Gasteiger charge is -2.00. The van der Waals surface area contributed by atoms with Crippen molar-refractivity contribution in [2.75, 3.05) is 0 Å². The molecule has 0 aliphatic carbocycles. The molecule has 0 bridgehead atoms. The van der Waals surface area contributed by atoms with Gasteiger partial charge in [-0.05, 0) is 19.3 Å². The standard InChI is InChI=1S/C11H20N2/c1-3-5-7-9-13-11(10-12)8-6-4-2/h9,11H,3-8H2,1-2H3/b13-9+. The lowest BCUT2D eigenvalue weighted by atomic mass is 10.1. The molecule has 2 nitrogen and oxygen atoms in total. The van der Waals surface area contributed by atoms with Crippen molar-refractivity contribution >= 4 is 6.21 Å². The van der Waals surface area contributed by atoms with Gasteiger partial charge in [-0.2, -0.15) is 5.26 Å². The number of hydrogen-bond donors (Lipinski definition) is 0. The van der Waals surface area contributed by atoms with Crippen molar-refractivity contribution < 1.29 is 0 Å². The molecule has 0 amide bonds. The van der Waals surface area contributed by atoms with E-state index in [2.05, 4.69) is 24.9 Å². The molecule has 0 N–H and O–H groups in total. The first kappa shape index (κ1) is 12.2. The van der Waals surface area contributed by atoms with Gasteiger partial charge in [-0.3, -0.25) is 4.99 Å².